The van der Waals surface area contributed by atoms with Crippen molar-refractivity contribution in [2.45, 2.75) is 37.5 Å². The Hall–Kier alpha value is -3.26. The minimum absolute atomic E-state index is 0.178. The molecule has 7 heteroatoms. The third-order valence-corrected chi connectivity index (χ3v) is 7.44. The van der Waals surface area contributed by atoms with E-state index in [2.05, 4.69) is 22.5 Å². The van der Waals surface area contributed by atoms with E-state index in [1.807, 2.05) is 54.6 Å². The lowest BCUT2D eigenvalue weighted by Crippen LogP contribution is -2.54. The minimum Gasteiger partial charge on any atom is -0.497 e. The molecule has 4 N–H and O–H groups in total. The number of nitrogens with two attached hydrogens (primary N) is 1. The van der Waals surface area contributed by atoms with Gasteiger partial charge in [0.15, 0.2) is 0 Å². The van der Waals surface area contributed by atoms with E-state index in [4.69, 9.17) is 15.6 Å². The van der Waals surface area contributed by atoms with Gasteiger partial charge in [-0.3, -0.25) is 14.7 Å². The number of pyridine rings is 1. The van der Waals surface area contributed by atoms with E-state index in [1.54, 1.807) is 13.3 Å². The molecule has 1 aromatic heterocycles. The average molecular weight is 490 g/mol. The summed E-state index contributed by atoms with van der Waals surface area (Å²) in [5, 5.41) is 20.6. The van der Waals surface area contributed by atoms with E-state index < -0.39 is 18.1 Å². The van der Waals surface area contributed by atoms with E-state index in [1.165, 1.54) is 6.42 Å². The Balaban J connectivity index is 0.000000214. The highest BCUT2D eigenvalue weighted by Gasteiger charge is 2.42. The summed E-state index contributed by atoms with van der Waals surface area (Å²) in [6.45, 7) is 6.07. The van der Waals surface area contributed by atoms with Crippen molar-refractivity contribution in [3.8, 4) is 5.75 Å². The van der Waals surface area contributed by atoms with Crippen LogP contribution in [-0.2, 0) is 11.2 Å². The van der Waals surface area contributed by atoms with Crippen LogP contribution < -0.4 is 10.5 Å². The molecule has 3 aliphatic heterocycles. The molecule has 36 heavy (non-hydrogen) atoms. The van der Waals surface area contributed by atoms with Crippen molar-refractivity contribution in [1.29, 1.82) is 0 Å². The summed E-state index contributed by atoms with van der Waals surface area (Å²) in [5.74, 6) is 1.05. The normalized spacial score (nSPS) is 24.3. The van der Waals surface area contributed by atoms with E-state index in [0.29, 0.717) is 18.3 Å². The lowest BCUT2D eigenvalue weighted by Gasteiger charge is -2.50. The Kier molecular flexibility index (Phi) is 8.36. The van der Waals surface area contributed by atoms with Crippen LogP contribution in [0.3, 0.4) is 0 Å². The number of carbonyl (C=O) groups is 1. The molecule has 2 aromatic carbocycles. The molecule has 3 saturated heterocycles. The van der Waals surface area contributed by atoms with E-state index >= 15 is 0 Å². The highest BCUT2D eigenvalue weighted by atomic mass is 16.5. The Morgan fingerprint density at radius 1 is 1.28 bits per heavy atom. The fourth-order valence-electron chi connectivity index (χ4n) is 5.40. The number of aliphatic hydroxyl groups is 1. The van der Waals surface area contributed by atoms with E-state index in [-0.39, 0.29) is 6.04 Å². The van der Waals surface area contributed by atoms with Crippen LogP contribution in [0.2, 0.25) is 0 Å². The first-order chi connectivity index (χ1) is 17.4. The van der Waals surface area contributed by atoms with Gasteiger partial charge < -0.3 is 20.7 Å². The number of piperidine rings is 3. The number of aliphatic hydroxyl groups excluding tert-OH is 1. The van der Waals surface area contributed by atoms with E-state index in [0.717, 1.165) is 47.3 Å². The minimum atomic E-state index is -0.959. The van der Waals surface area contributed by atoms with Crippen LogP contribution in [0.1, 0.15) is 30.1 Å². The van der Waals surface area contributed by atoms with Crippen LogP contribution in [0.25, 0.3) is 10.9 Å². The maximum atomic E-state index is 11.2. The second-order valence-corrected chi connectivity index (χ2v) is 9.61. The number of ether oxygens (including phenoxy) is 1. The largest absolute Gasteiger partial charge is 0.497 e. The van der Waals surface area contributed by atoms with Crippen LogP contribution in [0.5, 0.6) is 5.75 Å². The number of nitrogens with zero attached hydrogens (tertiary/aromatic N) is 2. The molecule has 0 spiro atoms. The summed E-state index contributed by atoms with van der Waals surface area (Å²) in [4.78, 5) is 17.2. The number of benzene rings is 2. The predicted octanol–water partition coefficient (Wildman–Crippen LogP) is 3.81. The highest BCUT2D eigenvalue weighted by molar-refractivity contribution is 5.84. The van der Waals surface area contributed by atoms with Gasteiger partial charge in [-0.1, -0.05) is 36.4 Å². The second-order valence-electron chi connectivity index (χ2n) is 9.61. The smallest absolute Gasteiger partial charge is 0.320 e. The highest BCUT2D eigenvalue weighted by Crippen LogP contribution is 2.42. The van der Waals surface area contributed by atoms with Gasteiger partial charge in [-0.15, -0.1) is 6.58 Å². The lowest BCUT2D eigenvalue weighted by molar-refractivity contribution is -0.138. The van der Waals surface area contributed by atoms with Crippen molar-refractivity contribution >= 4 is 16.9 Å². The van der Waals surface area contributed by atoms with Gasteiger partial charge in [0.25, 0.3) is 0 Å². The number of aromatic nitrogens is 1. The molecule has 0 aliphatic carbocycles. The molecule has 3 aliphatic rings. The fourth-order valence-corrected chi connectivity index (χ4v) is 5.40. The van der Waals surface area contributed by atoms with Crippen LogP contribution >= 0.6 is 0 Å². The second kappa shape index (κ2) is 11.6. The van der Waals surface area contributed by atoms with Crippen LogP contribution in [0.15, 0.2) is 73.4 Å². The van der Waals surface area contributed by atoms with Gasteiger partial charge in [-0.25, -0.2) is 0 Å². The predicted molar refractivity (Wildman–Crippen MR) is 141 cm³/mol. The number of methoxy groups -OCH3 is 1. The number of fused-ring (bicyclic) bond motifs is 4. The summed E-state index contributed by atoms with van der Waals surface area (Å²) in [6, 6.07) is 16.5. The maximum absolute atomic E-state index is 11.2. The number of rotatable bonds is 7. The van der Waals surface area contributed by atoms with Crippen molar-refractivity contribution in [1.82, 2.24) is 9.88 Å². The molecular formula is C29H35N3O4. The zero-order chi connectivity index (χ0) is 25.7. The van der Waals surface area contributed by atoms with Crippen LogP contribution in [0, 0.1) is 11.8 Å². The molecule has 0 amide bonds. The van der Waals surface area contributed by atoms with Gasteiger partial charge >= 0.3 is 5.97 Å². The first kappa shape index (κ1) is 25.8. The SMILES string of the molecule is C=C[C@@H]1CN2CCC1C[C@@H]2C(O)c1ccnc2ccc(OC)cc12.NC(Cc1ccccc1)C(=O)O. The molecule has 7 nitrogen and oxygen atoms in total. The molecule has 3 aromatic rings. The molecule has 6 rings (SSSR count). The molecule has 3 fully saturated rings. The molecule has 4 unspecified atom stereocenters. The van der Waals surface area contributed by atoms with Crippen molar-refractivity contribution in [2.24, 2.45) is 17.6 Å². The molecule has 0 saturated carbocycles. The Morgan fingerprint density at radius 3 is 2.69 bits per heavy atom. The molecule has 6 atom stereocenters. The zero-order valence-electron chi connectivity index (χ0n) is 20.7. The number of hydrogen-bond acceptors (Lipinski definition) is 6. The summed E-state index contributed by atoms with van der Waals surface area (Å²) in [6.07, 6.45) is 6.01. The third kappa shape index (κ3) is 5.75. The van der Waals surface area contributed by atoms with Gasteiger partial charge in [-0.2, -0.15) is 0 Å². The van der Waals surface area contributed by atoms with E-state index in [9.17, 15) is 9.90 Å². The summed E-state index contributed by atoms with van der Waals surface area (Å²) < 4.78 is 5.35. The van der Waals surface area contributed by atoms with Gasteiger partial charge in [0.05, 0.1) is 18.7 Å². The standard InChI is InChI=1S/C20H24N2O2.C9H11NO2/c1-3-13-12-22-9-7-14(13)10-19(22)20(23)16-6-8-21-18-5-4-15(24-2)11-17(16)18;10-8(9(11)12)6-7-4-2-1-3-5-7/h3-6,8,11,13-14,19-20,23H,1,7,9-10,12H2,2H3;1-5,8H,6,10H2,(H,11,12)/t13-,14?,19-,20?;/m1./s1. The van der Waals surface area contributed by atoms with Crippen molar-refractivity contribution in [2.75, 3.05) is 20.2 Å². The van der Waals surface area contributed by atoms with Gasteiger partial charge in [-0.05, 0) is 73.0 Å². The Bertz CT molecular complexity index is 1190. The van der Waals surface area contributed by atoms with Crippen molar-refractivity contribution in [3.63, 3.8) is 0 Å². The molecule has 4 heterocycles. The van der Waals surface area contributed by atoms with Crippen molar-refractivity contribution < 1.29 is 19.7 Å². The average Bonchev–Trinajstić information content (AvgIpc) is 2.93. The Labute approximate surface area is 212 Å². The first-order valence-corrected chi connectivity index (χ1v) is 12.4. The number of carboxylic acid groups (broad SMARTS) is 1. The van der Waals surface area contributed by atoms with Gasteiger partial charge in [0.2, 0.25) is 0 Å². The number of hydrogen-bond donors (Lipinski definition) is 3. The van der Waals surface area contributed by atoms with Crippen molar-refractivity contribution in [3.05, 3.63) is 84.6 Å². The Morgan fingerprint density at radius 2 is 2.06 bits per heavy atom. The summed E-state index contributed by atoms with van der Waals surface area (Å²) in [7, 11) is 1.66. The third-order valence-electron chi connectivity index (χ3n) is 7.44. The lowest BCUT2D eigenvalue weighted by atomic mass is 9.73. The van der Waals surface area contributed by atoms with Gasteiger partial charge in [0.1, 0.15) is 11.8 Å². The number of aliphatic carboxylic acids is 1. The number of carboxylic acids is 1. The summed E-state index contributed by atoms with van der Waals surface area (Å²) in [5.41, 5.74) is 8.15. The maximum Gasteiger partial charge on any atom is 0.320 e. The van der Waals surface area contributed by atoms with Gasteiger partial charge in [0, 0.05) is 24.2 Å². The topological polar surface area (TPSA) is 109 Å². The monoisotopic (exact) mass is 489 g/mol. The summed E-state index contributed by atoms with van der Waals surface area (Å²) >= 11 is 0. The molecular weight excluding hydrogens is 454 g/mol. The molecule has 2 bridgehead atoms. The first-order valence-electron chi connectivity index (χ1n) is 12.4. The quantitative estimate of drug-likeness (QED) is 0.433. The zero-order valence-corrected chi connectivity index (χ0v) is 20.7. The fraction of sp³-hybridized carbons (Fsp3) is 0.379. The molecule has 0 radical (unpaired) electrons. The van der Waals surface area contributed by atoms with Crippen LogP contribution in [0.4, 0.5) is 0 Å². The molecule has 190 valence electrons. The van der Waals surface area contributed by atoms with Crippen LogP contribution in [-0.4, -0.2) is 58.3 Å².